The van der Waals surface area contributed by atoms with E-state index in [4.69, 9.17) is 4.74 Å². The van der Waals surface area contributed by atoms with E-state index in [9.17, 15) is 9.18 Å². The van der Waals surface area contributed by atoms with Crippen LogP contribution in [0.15, 0.2) is 24.3 Å². The van der Waals surface area contributed by atoms with E-state index in [1.54, 1.807) is 12.1 Å². The van der Waals surface area contributed by atoms with Crippen LogP contribution in [0.5, 0.6) is 0 Å². The highest BCUT2D eigenvalue weighted by Crippen LogP contribution is 2.32. The molecule has 2 aliphatic rings. The van der Waals surface area contributed by atoms with E-state index in [0.717, 1.165) is 30.1 Å². The molecule has 1 aromatic carbocycles. The molecule has 1 amide bonds. The van der Waals surface area contributed by atoms with Gasteiger partial charge in [0.1, 0.15) is 10.8 Å². The largest absolute Gasteiger partial charge is 0.379 e. The van der Waals surface area contributed by atoms with Gasteiger partial charge in [0.25, 0.3) is 0 Å². The van der Waals surface area contributed by atoms with Gasteiger partial charge in [0.05, 0.1) is 32.0 Å². The SMILES string of the molecule is O=C(CN1CCOCC1)N1CCc2nc(-c3ccccc3F)sc2C1. The van der Waals surface area contributed by atoms with Gasteiger partial charge in [-0.15, -0.1) is 11.3 Å². The van der Waals surface area contributed by atoms with Crippen molar-refractivity contribution in [3.8, 4) is 10.6 Å². The molecule has 2 aromatic rings. The number of hydrogen-bond donors (Lipinski definition) is 0. The summed E-state index contributed by atoms with van der Waals surface area (Å²) in [6.07, 6.45) is 0.731. The maximum Gasteiger partial charge on any atom is 0.237 e. The number of thiazole rings is 1. The lowest BCUT2D eigenvalue weighted by Gasteiger charge is -2.31. The third kappa shape index (κ3) is 3.58. The van der Waals surface area contributed by atoms with Crippen molar-refractivity contribution < 1.29 is 13.9 Å². The third-order valence-corrected chi connectivity index (χ3v) is 5.77. The Labute approximate surface area is 150 Å². The Morgan fingerprint density at radius 1 is 1.24 bits per heavy atom. The lowest BCUT2D eigenvalue weighted by Crippen LogP contribution is -2.45. The maximum absolute atomic E-state index is 14.0. The number of halogens is 1. The molecule has 3 heterocycles. The van der Waals surface area contributed by atoms with Crippen LogP contribution in [0.4, 0.5) is 4.39 Å². The van der Waals surface area contributed by atoms with Gasteiger partial charge >= 0.3 is 0 Å². The molecule has 1 aromatic heterocycles. The molecule has 0 unspecified atom stereocenters. The van der Waals surface area contributed by atoms with Crippen LogP contribution in [0.1, 0.15) is 10.6 Å². The Bertz CT molecular complexity index is 773. The van der Waals surface area contributed by atoms with Crippen molar-refractivity contribution in [2.24, 2.45) is 0 Å². The van der Waals surface area contributed by atoms with Gasteiger partial charge in [-0.25, -0.2) is 9.37 Å². The molecular weight excluding hydrogens is 341 g/mol. The highest BCUT2D eigenvalue weighted by Gasteiger charge is 2.26. The summed E-state index contributed by atoms with van der Waals surface area (Å²) in [7, 11) is 0. The lowest BCUT2D eigenvalue weighted by atomic mass is 10.1. The second-order valence-corrected chi connectivity index (χ2v) is 7.41. The van der Waals surface area contributed by atoms with Crippen molar-refractivity contribution in [2.75, 3.05) is 39.4 Å². The van der Waals surface area contributed by atoms with Crippen molar-refractivity contribution in [3.63, 3.8) is 0 Å². The number of ether oxygens (including phenoxy) is 1. The van der Waals surface area contributed by atoms with Crippen molar-refractivity contribution in [1.82, 2.24) is 14.8 Å². The van der Waals surface area contributed by atoms with E-state index in [2.05, 4.69) is 9.88 Å². The van der Waals surface area contributed by atoms with Crippen LogP contribution >= 0.6 is 11.3 Å². The van der Waals surface area contributed by atoms with Crippen LogP contribution < -0.4 is 0 Å². The molecule has 0 spiro atoms. The fourth-order valence-corrected chi connectivity index (χ4v) is 4.36. The quantitative estimate of drug-likeness (QED) is 0.841. The molecule has 0 atom stereocenters. The molecule has 7 heteroatoms. The monoisotopic (exact) mass is 361 g/mol. The standard InChI is InChI=1S/C18H20FN3O2S/c19-14-4-2-1-3-13(14)18-20-15-5-6-22(11-16(15)25-18)17(23)12-21-7-9-24-10-8-21/h1-4H,5-12H2. The van der Waals surface area contributed by atoms with Gasteiger partial charge in [-0.2, -0.15) is 0 Å². The molecule has 25 heavy (non-hydrogen) atoms. The molecule has 0 aliphatic carbocycles. The van der Waals surface area contributed by atoms with Crippen LogP contribution in [0.3, 0.4) is 0 Å². The fraction of sp³-hybridized carbons (Fsp3) is 0.444. The summed E-state index contributed by atoms with van der Waals surface area (Å²) in [6.45, 7) is 4.70. The van der Waals surface area contributed by atoms with Crippen LogP contribution in [-0.4, -0.2) is 60.1 Å². The first kappa shape index (κ1) is 16.6. The second kappa shape index (κ2) is 7.19. The predicted octanol–water partition coefficient (Wildman–Crippen LogP) is 2.17. The van der Waals surface area contributed by atoms with Gasteiger partial charge in [0.2, 0.25) is 5.91 Å². The normalized spacial score (nSPS) is 18.2. The number of rotatable bonds is 3. The smallest absolute Gasteiger partial charge is 0.237 e. The average molecular weight is 361 g/mol. The minimum atomic E-state index is -0.256. The lowest BCUT2D eigenvalue weighted by molar-refractivity contribution is -0.134. The van der Waals surface area contributed by atoms with E-state index in [0.29, 0.717) is 43.4 Å². The summed E-state index contributed by atoms with van der Waals surface area (Å²) in [6, 6.07) is 6.70. The summed E-state index contributed by atoms with van der Waals surface area (Å²) in [5.74, 6) is -0.109. The molecule has 132 valence electrons. The minimum absolute atomic E-state index is 0.147. The molecular formula is C18H20FN3O2S. The van der Waals surface area contributed by atoms with E-state index in [1.165, 1.54) is 17.4 Å². The summed E-state index contributed by atoms with van der Waals surface area (Å²) >= 11 is 1.49. The van der Waals surface area contributed by atoms with Gasteiger partial charge in [0.15, 0.2) is 0 Å². The van der Waals surface area contributed by atoms with Crippen molar-refractivity contribution in [2.45, 2.75) is 13.0 Å². The van der Waals surface area contributed by atoms with Crippen LogP contribution in [0.25, 0.3) is 10.6 Å². The zero-order valence-corrected chi connectivity index (χ0v) is 14.7. The Hall–Kier alpha value is -1.83. The van der Waals surface area contributed by atoms with Crippen LogP contribution in [0, 0.1) is 5.82 Å². The number of amides is 1. The van der Waals surface area contributed by atoms with Gasteiger partial charge in [-0.3, -0.25) is 9.69 Å². The number of carbonyl (C=O) groups is 1. The van der Waals surface area contributed by atoms with E-state index in [1.807, 2.05) is 11.0 Å². The molecule has 0 radical (unpaired) electrons. The molecule has 0 N–H and O–H groups in total. The molecule has 5 nitrogen and oxygen atoms in total. The zero-order chi connectivity index (χ0) is 17.2. The first-order valence-electron chi connectivity index (χ1n) is 8.52. The number of aromatic nitrogens is 1. The van der Waals surface area contributed by atoms with Gasteiger partial charge in [0, 0.05) is 36.5 Å². The number of morpholine rings is 1. The van der Waals surface area contributed by atoms with Gasteiger partial charge < -0.3 is 9.64 Å². The van der Waals surface area contributed by atoms with Crippen LogP contribution in [0.2, 0.25) is 0 Å². The zero-order valence-electron chi connectivity index (χ0n) is 13.9. The summed E-state index contributed by atoms with van der Waals surface area (Å²) in [5.41, 5.74) is 1.53. The number of benzene rings is 1. The topological polar surface area (TPSA) is 45.7 Å². The Balaban J connectivity index is 1.46. The number of carbonyl (C=O) groups excluding carboxylic acids is 1. The molecule has 1 fully saturated rings. The average Bonchev–Trinajstić information content (AvgIpc) is 3.06. The summed E-state index contributed by atoms with van der Waals surface area (Å²) < 4.78 is 19.3. The highest BCUT2D eigenvalue weighted by atomic mass is 32.1. The van der Waals surface area contributed by atoms with Gasteiger partial charge in [-0.05, 0) is 12.1 Å². The Kier molecular flexibility index (Phi) is 4.78. The first-order chi connectivity index (χ1) is 12.2. The summed E-state index contributed by atoms with van der Waals surface area (Å²) in [4.78, 5) is 22.3. The third-order valence-electron chi connectivity index (χ3n) is 4.65. The van der Waals surface area contributed by atoms with E-state index < -0.39 is 0 Å². The van der Waals surface area contributed by atoms with Gasteiger partial charge in [-0.1, -0.05) is 12.1 Å². The molecule has 2 aliphatic heterocycles. The first-order valence-corrected chi connectivity index (χ1v) is 9.34. The van der Waals surface area contributed by atoms with E-state index in [-0.39, 0.29) is 11.7 Å². The molecule has 1 saturated heterocycles. The van der Waals surface area contributed by atoms with Crippen molar-refractivity contribution >= 4 is 17.2 Å². The molecule has 0 saturated carbocycles. The number of hydrogen-bond acceptors (Lipinski definition) is 5. The molecule has 4 rings (SSSR count). The van der Waals surface area contributed by atoms with Crippen molar-refractivity contribution in [1.29, 1.82) is 0 Å². The molecule has 0 bridgehead atoms. The second-order valence-electron chi connectivity index (χ2n) is 6.32. The Morgan fingerprint density at radius 2 is 2.04 bits per heavy atom. The number of nitrogens with zero attached hydrogens (tertiary/aromatic N) is 3. The van der Waals surface area contributed by atoms with E-state index >= 15 is 0 Å². The fourth-order valence-electron chi connectivity index (χ4n) is 3.21. The Morgan fingerprint density at radius 3 is 2.84 bits per heavy atom. The predicted molar refractivity (Wildman–Crippen MR) is 93.9 cm³/mol. The maximum atomic E-state index is 14.0. The minimum Gasteiger partial charge on any atom is -0.379 e. The number of fused-ring (bicyclic) bond motifs is 1. The van der Waals surface area contributed by atoms with Crippen LogP contribution in [-0.2, 0) is 22.5 Å². The highest BCUT2D eigenvalue weighted by molar-refractivity contribution is 7.15. The summed E-state index contributed by atoms with van der Waals surface area (Å²) in [5, 5.41) is 0.700. The van der Waals surface area contributed by atoms with Crippen molar-refractivity contribution in [3.05, 3.63) is 40.7 Å².